The van der Waals surface area contributed by atoms with Gasteiger partial charge in [0.1, 0.15) is 12.7 Å². The Morgan fingerprint density at radius 3 is 2.07 bits per heavy atom. The Bertz CT molecular complexity index is 1120. The summed E-state index contributed by atoms with van der Waals surface area (Å²) in [4.78, 5) is 16.5. The maximum Gasteiger partial charge on any atom is 0.411 e. The second-order valence-corrected chi connectivity index (χ2v) is 6.78. The number of hydrogen-bond donors (Lipinski definition) is 4. The molecule has 7 heteroatoms. The summed E-state index contributed by atoms with van der Waals surface area (Å²) < 4.78 is 4.84. The molecule has 30 heavy (non-hydrogen) atoms. The number of carbonyl (C=O) groups excluding carboxylic acids is 1. The van der Waals surface area contributed by atoms with Gasteiger partial charge in [0.2, 0.25) is 0 Å². The maximum absolute atomic E-state index is 11.8. The zero-order valence-corrected chi connectivity index (χ0v) is 16.1. The van der Waals surface area contributed by atoms with Crippen molar-refractivity contribution >= 4 is 45.0 Å². The summed E-state index contributed by atoms with van der Waals surface area (Å²) in [6, 6.07) is 23.1. The highest BCUT2D eigenvalue weighted by molar-refractivity contribution is 6.08. The van der Waals surface area contributed by atoms with Gasteiger partial charge in [0.15, 0.2) is 0 Å². The SMILES string of the molecule is O=C(Nc1ccc(Nc2c3ccccc3nc3ccccc23)cc1)OCC(O)CO. The van der Waals surface area contributed by atoms with Gasteiger partial charge in [-0.25, -0.2) is 9.78 Å². The largest absolute Gasteiger partial charge is 0.446 e. The predicted molar refractivity (Wildman–Crippen MR) is 117 cm³/mol. The number of nitrogens with zero attached hydrogens (tertiary/aromatic N) is 1. The summed E-state index contributed by atoms with van der Waals surface area (Å²) in [6.07, 6.45) is -1.79. The first-order chi connectivity index (χ1) is 14.6. The summed E-state index contributed by atoms with van der Waals surface area (Å²) in [6.45, 7) is -0.740. The molecule has 4 aromatic rings. The molecule has 1 atom stereocenters. The van der Waals surface area contributed by atoms with E-state index < -0.39 is 18.8 Å². The first-order valence-electron chi connectivity index (χ1n) is 9.51. The number of rotatable bonds is 6. The van der Waals surface area contributed by atoms with Gasteiger partial charge in [-0.05, 0) is 36.4 Å². The van der Waals surface area contributed by atoms with E-state index in [1.807, 2.05) is 60.7 Å². The van der Waals surface area contributed by atoms with E-state index >= 15 is 0 Å². The zero-order valence-electron chi connectivity index (χ0n) is 16.1. The van der Waals surface area contributed by atoms with Crippen LogP contribution >= 0.6 is 0 Å². The number of benzene rings is 3. The Labute approximate surface area is 172 Å². The third kappa shape index (κ3) is 4.32. The minimum Gasteiger partial charge on any atom is -0.446 e. The number of aliphatic hydroxyl groups excluding tert-OH is 2. The molecular formula is C23H21N3O4. The molecule has 1 unspecified atom stereocenters. The fourth-order valence-corrected chi connectivity index (χ4v) is 3.13. The number of hydrogen-bond acceptors (Lipinski definition) is 6. The molecule has 0 radical (unpaired) electrons. The van der Waals surface area contributed by atoms with Crippen LogP contribution in [0.1, 0.15) is 0 Å². The molecule has 4 rings (SSSR count). The van der Waals surface area contributed by atoms with E-state index in [1.165, 1.54) is 0 Å². The minimum atomic E-state index is -1.09. The van der Waals surface area contributed by atoms with Crippen LogP contribution in [0.3, 0.4) is 0 Å². The lowest BCUT2D eigenvalue weighted by Gasteiger charge is -2.14. The molecule has 0 aliphatic carbocycles. The van der Waals surface area contributed by atoms with Crippen LogP contribution < -0.4 is 10.6 Å². The Kier molecular flexibility index (Phi) is 5.74. The molecule has 0 saturated carbocycles. The number of nitrogens with one attached hydrogen (secondary N) is 2. The van der Waals surface area contributed by atoms with Gasteiger partial charge in [-0.3, -0.25) is 5.32 Å². The second-order valence-electron chi connectivity index (χ2n) is 6.78. The number of amides is 1. The van der Waals surface area contributed by atoms with Crippen molar-refractivity contribution in [3.05, 3.63) is 72.8 Å². The minimum absolute atomic E-state index is 0.274. The third-order valence-corrected chi connectivity index (χ3v) is 4.61. The van der Waals surface area contributed by atoms with Crippen molar-refractivity contribution in [3.8, 4) is 0 Å². The highest BCUT2D eigenvalue weighted by Gasteiger charge is 2.10. The third-order valence-electron chi connectivity index (χ3n) is 4.61. The second kappa shape index (κ2) is 8.77. The molecule has 1 heterocycles. The molecule has 1 aromatic heterocycles. The van der Waals surface area contributed by atoms with Gasteiger partial charge in [0, 0.05) is 22.1 Å². The lowest BCUT2D eigenvalue weighted by molar-refractivity contribution is 0.0362. The molecule has 0 aliphatic heterocycles. The van der Waals surface area contributed by atoms with Gasteiger partial charge in [0.05, 0.1) is 23.3 Å². The van der Waals surface area contributed by atoms with E-state index in [0.29, 0.717) is 5.69 Å². The number of para-hydroxylation sites is 2. The van der Waals surface area contributed by atoms with E-state index in [1.54, 1.807) is 12.1 Å². The molecule has 1 amide bonds. The maximum atomic E-state index is 11.8. The van der Waals surface area contributed by atoms with E-state index in [4.69, 9.17) is 14.8 Å². The Balaban J connectivity index is 1.55. The summed E-state index contributed by atoms with van der Waals surface area (Å²) in [5, 5.41) is 26.1. The fourth-order valence-electron chi connectivity index (χ4n) is 3.13. The lowest BCUT2D eigenvalue weighted by Crippen LogP contribution is -2.24. The normalized spacial score (nSPS) is 11.9. The number of carbonyl (C=O) groups is 1. The molecule has 4 N–H and O–H groups in total. The van der Waals surface area contributed by atoms with Crippen LogP contribution in [-0.4, -0.2) is 40.6 Å². The quantitative estimate of drug-likeness (QED) is 0.362. The van der Waals surface area contributed by atoms with E-state index in [9.17, 15) is 9.90 Å². The van der Waals surface area contributed by atoms with Crippen LogP contribution in [0.15, 0.2) is 72.8 Å². The van der Waals surface area contributed by atoms with Crippen molar-refractivity contribution < 1.29 is 19.7 Å². The number of pyridine rings is 1. The van der Waals surface area contributed by atoms with E-state index in [-0.39, 0.29) is 6.61 Å². The van der Waals surface area contributed by atoms with Crippen LogP contribution in [0.5, 0.6) is 0 Å². The van der Waals surface area contributed by atoms with Crippen molar-refractivity contribution in [3.63, 3.8) is 0 Å². The molecule has 0 spiro atoms. The van der Waals surface area contributed by atoms with Gasteiger partial charge >= 0.3 is 6.09 Å². The average molecular weight is 403 g/mol. The Morgan fingerprint density at radius 2 is 1.47 bits per heavy atom. The van der Waals surface area contributed by atoms with Crippen LogP contribution in [-0.2, 0) is 4.74 Å². The molecule has 0 bridgehead atoms. The number of aliphatic hydroxyl groups is 2. The van der Waals surface area contributed by atoms with Gasteiger partial charge in [-0.2, -0.15) is 0 Å². The molecule has 3 aromatic carbocycles. The fraction of sp³-hybridized carbons (Fsp3) is 0.130. The van der Waals surface area contributed by atoms with Crippen molar-refractivity contribution in [1.82, 2.24) is 4.98 Å². The molecule has 0 fully saturated rings. The summed E-state index contributed by atoms with van der Waals surface area (Å²) in [5.41, 5.74) is 4.18. The van der Waals surface area contributed by atoms with E-state index in [0.717, 1.165) is 33.2 Å². The first-order valence-corrected chi connectivity index (χ1v) is 9.51. The molecule has 7 nitrogen and oxygen atoms in total. The zero-order chi connectivity index (χ0) is 20.9. The first kappa shape index (κ1) is 19.6. The molecular weight excluding hydrogens is 382 g/mol. The lowest BCUT2D eigenvalue weighted by atomic mass is 10.1. The molecule has 0 saturated heterocycles. The molecule has 0 aliphatic rings. The smallest absolute Gasteiger partial charge is 0.411 e. The van der Waals surface area contributed by atoms with Crippen LogP contribution in [0.2, 0.25) is 0 Å². The average Bonchev–Trinajstić information content (AvgIpc) is 2.78. The van der Waals surface area contributed by atoms with Crippen LogP contribution in [0.4, 0.5) is 21.9 Å². The van der Waals surface area contributed by atoms with Crippen molar-refractivity contribution in [1.29, 1.82) is 0 Å². The van der Waals surface area contributed by atoms with Gasteiger partial charge in [0.25, 0.3) is 0 Å². The van der Waals surface area contributed by atoms with Crippen molar-refractivity contribution in [2.45, 2.75) is 6.10 Å². The van der Waals surface area contributed by atoms with Gasteiger partial charge in [-0.1, -0.05) is 36.4 Å². The topological polar surface area (TPSA) is 104 Å². The summed E-state index contributed by atoms with van der Waals surface area (Å²) in [7, 11) is 0. The summed E-state index contributed by atoms with van der Waals surface area (Å²) >= 11 is 0. The number of ether oxygens (including phenoxy) is 1. The van der Waals surface area contributed by atoms with Crippen LogP contribution in [0.25, 0.3) is 21.8 Å². The number of anilines is 3. The van der Waals surface area contributed by atoms with Gasteiger partial charge in [-0.15, -0.1) is 0 Å². The summed E-state index contributed by atoms with van der Waals surface area (Å²) in [5.74, 6) is 0. The number of aromatic nitrogens is 1. The van der Waals surface area contributed by atoms with Crippen molar-refractivity contribution in [2.24, 2.45) is 0 Å². The monoisotopic (exact) mass is 403 g/mol. The Hall–Kier alpha value is -3.68. The van der Waals surface area contributed by atoms with Crippen LogP contribution in [0, 0.1) is 0 Å². The highest BCUT2D eigenvalue weighted by atomic mass is 16.6. The van der Waals surface area contributed by atoms with Crippen molar-refractivity contribution in [2.75, 3.05) is 23.8 Å². The van der Waals surface area contributed by atoms with E-state index in [2.05, 4.69) is 10.6 Å². The van der Waals surface area contributed by atoms with Gasteiger partial charge < -0.3 is 20.3 Å². The highest BCUT2D eigenvalue weighted by Crippen LogP contribution is 2.33. The Morgan fingerprint density at radius 1 is 0.900 bits per heavy atom. The predicted octanol–water partition coefficient (Wildman–Crippen LogP) is 4.03. The number of fused-ring (bicyclic) bond motifs is 2. The standard InChI is InChI=1S/C23H21N3O4/c27-13-17(28)14-30-23(29)25-16-11-9-15(10-12-16)24-22-18-5-1-3-7-20(18)26-21-8-4-2-6-19(21)22/h1-12,17,27-28H,13-14H2,(H,24,26)(H,25,29). The molecule has 152 valence electrons.